The average Bonchev–Trinajstić information content (AvgIpc) is 3.11. The minimum atomic E-state index is -0.225. The second-order valence-electron chi connectivity index (χ2n) is 6.36. The molecule has 0 atom stereocenters. The standard InChI is InChI=1S/C20H21N5O2/c1-24(2)20(27)16-11-22-25(13-16)12-14-7-9-15(10-8-14)19(26)23-18-6-4-3-5-17(18)21/h3-11,13H,12,21H2,1-2H3,(H,23,26). The minimum absolute atomic E-state index is 0.0894. The molecule has 2 amide bonds. The second-order valence-corrected chi connectivity index (χ2v) is 6.36. The SMILES string of the molecule is CN(C)C(=O)c1cnn(Cc2ccc(C(=O)Nc3ccccc3N)cc2)c1. The Kier molecular flexibility index (Phi) is 5.21. The molecule has 7 heteroatoms. The van der Waals surface area contributed by atoms with Crippen molar-refractivity contribution in [2.75, 3.05) is 25.1 Å². The third-order valence-electron chi connectivity index (χ3n) is 4.06. The largest absolute Gasteiger partial charge is 0.397 e. The zero-order valence-corrected chi connectivity index (χ0v) is 15.2. The topological polar surface area (TPSA) is 93.2 Å². The number of nitrogens with one attached hydrogen (secondary N) is 1. The Hall–Kier alpha value is -3.61. The summed E-state index contributed by atoms with van der Waals surface area (Å²) in [4.78, 5) is 25.8. The van der Waals surface area contributed by atoms with Gasteiger partial charge in [-0.25, -0.2) is 0 Å². The smallest absolute Gasteiger partial charge is 0.256 e. The van der Waals surface area contributed by atoms with Gasteiger partial charge in [0.05, 0.1) is 29.7 Å². The van der Waals surface area contributed by atoms with Gasteiger partial charge < -0.3 is 16.0 Å². The quantitative estimate of drug-likeness (QED) is 0.681. The van der Waals surface area contributed by atoms with Gasteiger partial charge in [-0.15, -0.1) is 0 Å². The van der Waals surface area contributed by atoms with Crippen molar-refractivity contribution in [3.63, 3.8) is 0 Å². The van der Waals surface area contributed by atoms with Crippen LogP contribution in [0, 0.1) is 0 Å². The molecule has 0 unspecified atom stereocenters. The zero-order valence-electron chi connectivity index (χ0n) is 15.2. The van der Waals surface area contributed by atoms with E-state index in [0.29, 0.717) is 29.0 Å². The van der Waals surface area contributed by atoms with Crippen molar-refractivity contribution in [3.05, 3.63) is 77.6 Å². The van der Waals surface area contributed by atoms with Gasteiger partial charge in [-0.3, -0.25) is 14.3 Å². The lowest BCUT2D eigenvalue weighted by Gasteiger charge is -2.09. The lowest BCUT2D eigenvalue weighted by atomic mass is 10.1. The fraction of sp³-hybridized carbons (Fsp3) is 0.150. The highest BCUT2D eigenvalue weighted by Crippen LogP contribution is 2.18. The summed E-state index contributed by atoms with van der Waals surface area (Å²) in [5.74, 6) is -0.314. The van der Waals surface area contributed by atoms with Gasteiger partial charge in [-0.1, -0.05) is 24.3 Å². The molecule has 0 saturated carbocycles. The number of nitrogens with zero attached hydrogens (tertiary/aromatic N) is 3. The molecule has 0 aliphatic rings. The number of nitrogen functional groups attached to an aromatic ring is 1. The Morgan fingerprint density at radius 1 is 1.07 bits per heavy atom. The Balaban J connectivity index is 1.66. The first-order valence-electron chi connectivity index (χ1n) is 8.43. The number of rotatable bonds is 5. The van der Waals surface area contributed by atoms with E-state index in [-0.39, 0.29) is 11.8 Å². The molecule has 0 aliphatic heterocycles. The Morgan fingerprint density at radius 2 is 1.78 bits per heavy atom. The monoisotopic (exact) mass is 363 g/mol. The van der Waals surface area contributed by atoms with Gasteiger partial charge in [0.25, 0.3) is 11.8 Å². The van der Waals surface area contributed by atoms with Crippen LogP contribution in [0.15, 0.2) is 60.9 Å². The summed E-state index contributed by atoms with van der Waals surface area (Å²) in [7, 11) is 3.40. The van der Waals surface area contributed by atoms with Gasteiger partial charge in [0.1, 0.15) is 0 Å². The predicted molar refractivity (Wildman–Crippen MR) is 105 cm³/mol. The summed E-state index contributed by atoms with van der Waals surface area (Å²) in [6.45, 7) is 0.508. The molecular formula is C20H21N5O2. The lowest BCUT2D eigenvalue weighted by Crippen LogP contribution is -2.21. The summed E-state index contributed by atoms with van der Waals surface area (Å²) in [5, 5.41) is 7.01. The van der Waals surface area contributed by atoms with Gasteiger partial charge in [-0.05, 0) is 29.8 Å². The molecule has 3 rings (SSSR count). The summed E-state index contributed by atoms with van der Waals surface area (Å²) < 4.78 is 1.69. The first kappa shape index (κ1) is 18.2. The van der Waals surface area contributed by atoms with Crippen LogP contribution in [-0.2, 0) is 6.54 Å². The number of amides is 2. The second kappa shape index (κ2) is 7.74. The van der Waals surface area contributed by atoms with E-state index in [1.54, 1.807) is 55.4 Å². The number of aromatic nitrogens is 2. The molecule has 1 heterocycles. The maximum Gasteiger partial charge on any atom is 0.256 e. The zero-order chi connectivity index (χ0) is 19.4. The van der Waals surface area contributed by atoms with E-state index < -0.39 is 0 Å². The van der Waals surface area contributed by atoms with Crippen molar-refractivity contribution >= 4 is 23.2 Å². The molecule has 3 N–H and O–H groups in total. The van der Waals surface area contributed by atoms with E-state index in [0.717, 1.165) is 5.56 Å². The number of hydrogen-bond donors (Lipinski definition) is 2. The van der Waals surface area contributed by atoms with E-state index in [1.807, 2.05) is 24.3 Å². The van der Waals surface area contributed by atoms with E-state index in [9.17, 15) is 9.59 Å². The molecule has 0 aliphatic carbocycles. The van der Waals surface area contributed by atoms with E-state index in [2.05, 4.69) is 10.4 Å². The van der Waals surface area contributed by atoms with Gasteiger partial charge in [0, 0.05) is 25.9 Å². The van der Waals surface area contributed by atoms with Crippen LogP contribution in [0.25, 0.3) is 0 Å². The molecule has 2 aromatic carbocycles. The third-order valence-corrected chi connectivity index (χ3v) is 4.06. The summed E-state index contributed by atoms with van der Waals surface area (Å²) in [6.07, 6.45) is 3.26. The first-order valence-corrected chi connectivity index (χ1v) is 8.43. The van der Waals surface area contributed by atoms with Gasteiger partial charge in [0.2, 0.25) is 0 Å². The number of para-hydroxylation sites is 2. The molecule has 3 aromatic rings. The lowest BCUT2D eigenvalue weighted by molar-refractivity contribution is 0.0827. The maximum atomic E-state index is 12.4. The molecule has 7 nitrogen and oxygen atoms in total. The van der Waals surface area contributed by atoms with Crippen molar-refractivity contribution < 1.29 is 9.59 Å². The molecule has 0 saturated heterocycles. The molecule has 0 spiro atoms. The van der Waals surface area contributed by atoms with Crippen molar-refractivity contribution in [1.82, 2.24) is 14.7 Å². The predicted octanol–water partition coefficient (Wildman–Crippen LogP) is 2.47. The van der Waals surface area contributed by atoms with Gasteiger partial charge in [-0.2, -0.15) is 5.10 Å². The van der Waals surface area contributed by atoms with Crippen LogP contribution in [0.2, 0.25) is 0 Å². The van der Waals surface area contributed by atoms with Crippen LogP contribution in [0.4, 0.5) is 11.4 Å². The normalized spacial score (nSPS) is 10.4. The Morgan fingerprint density at radius 3 is 2.44 bits per heavy atom. The molecule has 1 aromatic heterocycles. The van der Waals surface area contributed by atoms with Gasteiger partial charge >= 0.3 is 0 Å². The molecular weight excluding hydrogens is 342 g/mol. The van der Waals surface area contributed by atoms with Crippen molar-refractivity contribution in [2.45, 2.75) is 6.54 Å². The highest BCUT2D eigenvalue weighted by Gasteiger charge is 2.11. The Bertz CT molecular complexity index is 961. The highest BCUT2D eigenvalue weighted by molar-refractivity contribution is 6.05. The number of carbonyl (C=O) groups excluding carboxylic acids is 2. The molecule has 138 valence electrons. The molecule has 0 radical (unpaired) electrons. The minimum Gasteiger partial charge on any atom is -0.397 e. The van der Waals surface area contributed by atoms with Crippen molar-refractivity contribution in [2.24, 2.45) is 0 Å². The van der Waals surface area contributed by atoms with Crippen LogP contribution in [-0.4, -0.2) is 40.6 Å². The van der Waals surface area contributed by atoms with Crippen LogP contribution >= 0.6 is 0 Å². The van der Waals surface area contributed by atoms with E-state index >= 15 is 0 Å². The van der Waals surface area contributed by atoms with Crippen LogP contribution in [0.5, 0.6) is 0 Å². The van der Waals surface area contributed by atoms with Crippen LogP contribution in [0.1, 0.15) is 26.3 Å². The van der Waals surface area contributed by atoms with Crippen molar-refractivity contribution in [1.29, 1.82) is 0 Å². The number of nitrogens with two attached hydrogens (primary N) is 1. The fourth-order valence-electron chi connectivity index (χ4n) is 2.57. The summed E-state index contributed by atoms with van der Waals surface area (Å²) in [6, 6.07) is 14.3. The van der Waals surface area contributed by atoms with Crippen LogP contribution < -0.4 is 11.1 Å². The van der Waals surface area contributed by atoms with Crippen molar-refractivity contribution in [3.8, 4) is 0 Å². The Labute approximate surface area is 157 Å². The maximum absolute atomic E-state index is 12.4. The number of carbonyl (C=O) groups is 2. The number of hydrogen-bond acceptors (Lipinski definition) is 4. The average molecular weight is 363 g/mol. The van der Waals surface area contributed by atoms with Crippen LogP contribution in [0.3, 0.4) is 0 Å². The first-order chi connectivity index (χ1) is 12.9. The highest BCUT2D eigenvalue weighted by atomic mass is 16.2. The van der Waals surface area contributed by atoms with E-state index in [1.165, 1.54) is 4.90 Å². The molecule has 0 fully saturated rings. The molecule has 27 heavy (non-hydrogen) atoms. The number of benzene rings is 2. The van der Waals surface area contributed by atoms with E-state index in [4.69, 9.17) is 5.73 Å². The van der Waals surface area contributed by atoms with Gasteiger partial charge in [0.15, 0.2) is 0 Å². The fourth-order valence-corrected chi connectivity index (χ4v) is 2.57. The summed E-state index contributed by atoms with van der Waals surface area (Å²) >= 11 is 0. The third kappa shape index (κ3) is 4.33. The number of anilines is 2. The molecule has 0 bridgehead atoms. The summed E-state index contributed by atoms with van der Waals surface area (Å²) in [5.41, 5.74) is 8.99.